The van der Waals surface area contributed by atoms with Crippen LogP contribution in [-0.4, -0.2) is 48.9 Å². The monoisotopic (exact) mass is 373 g/mol. The molecule has 2 saturated heterocycles. The lowest BCUT2D eigenvalue weighted by atomic mass is 9.91. The Kier molecular flexibility index (Phi) is 5.17. The fourth-order valence-corrected chi connectivity index (χ4v) is 4.57. The van der Waals surface area contributed by atoms with Crippen LogP contribution in [0.3, 0.4) is 0 Å². The summed E-state index contributed by atoms with van der Waals surface area (Å²) in [5.41, 5.74) is -0.123. The summed E-state index contributed by atoms with van der Waals surface area (Å²) < 4.78 is 14.3. The molecule has 3 aliphatic rings. The number of likely N-dealkylation sites (tertiary alicyclic amines) is 1. The minimum atomic E-state index is -0.662. The van der Waals surface area contributed by atoms with Crippen molar-refractivity contribution in [3.63, 3.8) is 0 Å². The standard InChI is InChI=1S/C21H28FN3O2/c22-17-7-2-1-6-16(17)21(9-10-21)20(27)25-12-4-5-15(14-25)13-24-19(26)18-8-3-11-23-18/h1-2,6-7,15,18,23H,3-5,8-14H2,(H,24,26). The van der Waals surface area contributed by atoms with Gasteiger partial charge in [-0.15, -0.1) is 0 Å². The van der Waals surface area contributed by atoms with Crippen molar-refractivity contribution in [2.45, 2.75) is 50.0 Å². The molecule has 0 aromatic heterocycles. The lowest BCUT2D eigenvalue weighted by molar-refractivity contribution is -0.135. The second kappa shape index (κ2) is 7.58. The van der Waals surface area contributed by atoms with Crippen molar-refractivity contribution in [2.75, 3.05) is 26.2 Å². The highest BCUT2D eigenvalue weighted by Crippen LogP contribution is 2.50. The lowest BCUT2D eigenvalue weighted by Gasteiger charge is -2.35. The zero-order chi connectivity index (χ0) is 18.9. The normalized spacial score (nSPS) is 26.6. The first-order valence-corrected chi connectivity index (χ1v) is 10.2. The van der Waals surface area contributed by atoms with E-state index in [0.29, 0.717) is 18.7 Å². The van der Waals surface area contributed by atoms with E-state index in [4.69, 9.17) is 0 Å². The summed E-state index contributed by atoms with van der Waals surface area (Å²) in [5, 5.41) is 6.26. The summed E-state index contributed by atoms with van der Waals surface area (Å²) >= 11 is 0. The number of nitrogens with one attached hydrogen (secondary N) is 2. The second-order valence-electron chi connectivity index (χ2n) is 8.22. The molecule has 3 fully saturated rings. The molecule has 6 heteroatoms. The van der Waals surface area contributed by atoms with E-state index < -0.39 is 5.41 Å². The molecule has 0 spiro atoms. The molecular weight excluding hydrogens is 345 g/mol. The zero-order valence-electron chi connectivity index (χ0n) is 15.7. The number of rotatable bonds is 5. The topological polar surface area (TPSA) is 61.4 Å². The molecule has 2 N–H and O–H groups in total. The summed E-state index contributed by atoms with van der Waals surface area (Å²) in [5.74, 6) is 0.111. The Morgan fingerprint density at radius 2 is 2.04 bits per heavy atom. The van der Waals surface area contributed by atoms with Crippen LogP contribution in [0.2, 0.25) is 0 Å². The van der Waals surface area contributed by atoms with Crippen LogP contribution in [0.4, 0.5) is 4.39 Å². The van der Waals surface area contributed by atoms with Gasteiger partial charge in [-0.2, -0.15) is 0 Å². The van der Waals surface area contributed by atoms with Crippen molar-refractivity contribution in [2.24, 2.45) is 5.92 Å². The van der Waals surface area contributed by atoms with Crippen LogP contribution in [0.15, 0.2) is 24.3 Å². The van der Waals surface area contributed by atoms with E-state index in [-0.39, 0.29) is 29.6 Å². The summed E-state index contributed by atoms with van der Waals surface area (Å²) in [6.07, 6.45) is 5.32. The Balaban J connectivity index is 1.36. The molecule has 2 unspecified atom stereocenters. The summed E-state index contributed by atoms with van der Waals surface area (Å²) in [6.45, 7) is 2.88. The maximum atomic E-state index is 14.3. The summed E-state index contributed by atoms with van der Waals surface area (Å²) in [6, 6.07) is 6.59. The fourth-order valence-electron chi connectivity index (χ4n) is 4.57. The molecular formula is C21H28FN3O2. The highest BCUT2D eigenvalue weighted by atomic mass is 19.1. The van der Waals surface area contributed by atoms with Gasteiger partial charge in [0.15, 0.2) is 0 Å². The van der Waals surface area contributed by atoms with Gasteiger partial charge in [-0.1, -0.05) is 18.2 Å². The largest absolute Gasteiger partial charge is 0.354 e. The average Bonchev–Trinajstić information content (AvgIpc) is 3.30. The van der Waals surface area contributed by atoms with Gasteiger partial charge < -0.3 is 15.5 Å². The number of hydrogen-bond donors (Lipinski definition) is 2. The number of hydrogen-bond acceptors (Lipinski definition) is 3. The van der Waals surface area contributed by atoms with Gasteiger partial charge in [0.25, 0.3) is 0 Å². The molecule has 0 bridgehead atoms. The number of carbonyl (C=O) groups excluding carboxylic acids is 2. The Morgan fingerprint density at radius 1 is 1.22 bits per heavy atom. The van der Waals surface area contributed by atoms with Gasteiger partial charge in [-0.25, -0.2) is 4.39 Å². The molecule has 4 rings (SSSR count). The molecule has 5 nitrogen and oxygen atoms in total. The molecule has 146 valence electrons. The van der Waals surface area contributed by atoms with Crippen molar-refractivity contribution < 1.29 is 14.0 Å². The Hall–Kier alpha value is -1.95. The lowest BCUT2D eigenvalue weighted by Crippen LogP contribution is -2.49. The summed E-state index contributed by atoms with van der Waals surface area (Å²) in [4.78, 5) is 27.3. The molecule has 1 aliphatic carbocycles. The van der Waals surface area contributed by atoms with E-state index in [0.717, 1.165) is 51.6 Å². The fraction of sp³-hybridized carbons (Fsp3) is 0.619. The first kappa shape index (κ1) is 18.4. The maximum Gasteiger partial charge on any atom is 0.237 e. The molecule has 2 atom stereocenters. The van der Waals surface area contributed by atoms with E-state index in [2.05, 4.69) is 10.6 Å². The van der Waals surface area contributed by atoms with E-state index in [1.165, 1.54) is 6.07 Å². The van der Waals surface area contributed by atoms with Crippen molar-refractivity contribution >= 4 is 11.8 Å². The van der Waals surface area contributed by atoms with Crippen LogP contribution in [0, 0.1) is 11.7 Å². The van der Waals surface area contributed by atoms with Crippen LogP contribution in [0.25, 0.3) is 0 Å². The molecule has 1 aromatic carbocycles. The third-order valence-electron chi connectivity index (χ3n) is 6.30. The smallest absolute Gasteiger partial charge is 0.237 e. The second-order valence-corrected chi connectivity index (χ2v) is 8.22. The highest BCUT2D eigenvalue weighted by molar-refractivity contribution is 5.91. The molecule has 2 heterocycles. The van der Waals surface area contributed by atoms with E-state index >= 15 is 0 Å². The maximum absolute atomic E-state index is 14.3. The van der Waals surface area contributed by atoms with Gasteiger partial charge in [0, 0.05) is 25.2 Å². The van der Waals surface area contributed by atoms with Crippen LogP contribution in [0.5, 0.6) is 0 Å². The number of piperidine rings is 1. The van der Waals surface area contributed by atoms with Gasteiger partial charge in [0.05, 0.1) is 11.5 Å². The Morgan fingerprint density at radius 3 is 2.74 bits per heavy atom. The molecule has 1 saturated carbocycles. The summed E-state index contributed by atoms with van der Waals surface area (Å²) in [7, 11) is 0. The van der Waals surface area contributed by atoms with E-state index in [9.17, 15) is 14.0 Å². The van der Waals surface area contributed by atoms with Gasteiger partial charge in [-0.3, -0.25) is 9.59 Å². The first-order valence-electron chi connectivity index (χ1n) is 10.2. The zero-order valence-corrected chi connectivity index (χ0v) is 15.7. The van der Waals surface area contributed by atoms with Gasteiger partial charge in [0.1, 0.15) is 5.82 Å². The van der Waals surface area contributed by atoms with Crippen molar-refractivity contribution in [1.29, 1.82) is 0 Å². The number of benzene rings is 1. The van der Waals surface area contributed by atoms with Crippen molar-refractivity contribution in [3.05, 3.63) is 35.6 Å². The molecule has 0 radical (unpaired) electrons. The Bertz CT molecular complexity index is 713. The SMILES string of the molecule is O=C(NCC1CCCN(C(=O)C2(c3ccccc3F)CC2)C1)C1CCCN1. The first-order chi connectivity index (χ1) is 13.1. The van der Waals surface area contributed by atoms with Gasteiger partial charge >= 0.3 is 0 Å². The average molecular weight is 373 g/mol. The van der Waals surface area contributed by atoms with Crippen molar-refractivity contribution in [3.8, 4) is 0 Å². The quantitative estimate of drug-likeness (QED) is 0.830. The highest BCUT2D eigenvalue weighted by Gasteiger charge is 2.54. The molecule has 2 amide bonds. The van der Waals surface area contributed by atoms with Gasteiger partial charge in [0.2, 0.25) is 11.8 Å². The minimum absolute atomic E-state index is 0.0566. The number of amides is 2. The van der Waals surface area contributed by atoms with Crippen LogP contribution in [-0.2, 0) is 15.0 Å². The van der Waals surface area contributed by atoms with Crippen LogP contribution < -0.4 is 10.6 Å². The Labute approximate surface area is 159 Å². The van der Waals surface area contributed by atoms with Crippen molar-refractivity contribution in [1.82, 2.24) is 15.5 Å². The van der Waals surface area contributed by atoms with Crippen LogP contribution >= 0.6 is 0 Å². The van der Waals surface area contributed by atoms with E-state index in [1.54, 1.807) is 18.2 Å². The molecule has 2 aliphatic heterocycles. The number of halogens is 1. The third kappa shape index (κ3) is 3.72. The minimum Gasteiger partial charge on any atom is -0.354 e. The van der Waals surface area contributed by atoms with Gasteiger partial charge in [-0.05, 0) is 57.1 Å². The molecule has 1 aromatic rings. The number of carbonyl (C=O) groups is 2. The number of nitrogens with zero attached hydrogens (tertiary/aromatic N) is 1. The molecule has 27 heavy (non-hydrogen) atoms. The predicted octanol–water partition coefficient (Wildman–Crippen LogP) is 1.96. The third-order valence-corrected chi connectivity index (χ3v) is 6.30. The predicted molar refractivity (Wildman–Crippen MR) is 101 cm³/mol. The van der Waals surface area contributed by atoms with Crippen LogP contribution in [0.1, 0.15) is 44.1 Å². The van der Waals surface area contributed by atoms with E-state index in [1.807, 2.05) is 4.90 Å².